The molecule has 1 amide bonds. The van der Waals surface area contributed by atoms with E-state index in [9.17, 15) is 4.79 Å². The van der Waals surface area contributed by atoms with Crippen molar-refractivity contribution >= 4 is 11.7 Å². The van der Waals surface area contributed by atoms with Gasteiger partial charge in [-0.1, -0.05) is 6.07 Å². The second-order valence-corrected chi connectivity index (χ2v) is 7.50. The van der Waals surface area contributed by atoms with E-state index in [1.165, 1.54) is 5.56 Å². The number of hydrogen-bond acceptors (Lipinski definition) is 4. The summed E-state index contributed by atoms with van der Waals surface area (Å²) in [5, 5.41) is 0. The average molecular weight is 330 g/mol. The number of pyridine rings is 1. The number of aromatic nitrogens is 1. The highest BCUT2D eigenvalue weighted by molar-refractivity contribution is 5.79. The highest BCUT2D eigenvalue weighted by Crippen LogP contribution is 2.26. The van der Waals surface area contributed by atoms with Crippen molar-refractivity contribution in [2.45, 2.75) is 45.6 Å². The van der Waals surface area contributed by atoms with Gasteiger partial charge in [0.05, 0.1) is 0 Å². The molecule has 24 heavy (non-hydrogen) atoms. The van der Waals surface area contributed by atoms with Crippen LogP contribution in [-0.4, -0.2) is 48.0 Å². The molecule has 0 unspecified atom stereocenters. The number of nitrogens with zero attached hydrogens (tertiary/aromatic N) is 3. The number of amides is 1. The first kappa shape index (κ1) is 17.2. The second-order valence-electron chi connectivity index (χ2n) is 7.50. The van der Waals surface area contributed by atoms with Crippen LogP contribution in [0.1, 0.15) is 38.2 Å². The summed E-state index contributed by atoms with van der Waals surface area (Å²) in [6.45, 7) is 7.69. The standard InChI is InChI=1S/C19H30N4O/c1-14-5-6-18(21-12-14)22-10-7-16(8-11-22)19(24)23-9-3-4-17(13-23)15(2)20/h5-6,12,15-17H,3-4,7-11,13,20H2,1-2H3/t15-,17-/m0/s1. The molecule has 2 N–H and O–H groups in total. The minimum atomic E-state index is 0.165. The number of anilines is 1. The molecule has 2 fully saturated rings. The van der Waals surface area contributed by atoms with Gasteiger partial charge in [0, 0.05) is 44.3 Å². The molecular formula is C19H30N4O. The lowest BCUT2D eigenvalue weighted by atomic mass is 9.89. The lowest BCUT2D eigenvalue weighted by Crippen LogP contribution is -2.49. The van der Waals surface area contributed by atoms with Crippen molar-refractivity contribution in [1.29, 1.82) is 0 Å². The first-order chi connectivity index (χ1) is 11.5. The smallest absolute Gasteiger partial charge is 0.225 e. The van der Waals surface area contributed by atoms with E-state index in [0.717, 1.165) is 57.7 Å². The molecule has 2 aliphatic rings. The third-order valence-electron chi connectivity index (χ3n) is 5.58. The Morgan fingerprint density at radius 2 is 2.00 bits per heavy atom. The van der Waals surface area contributed by atoms with E-state index in [-0.39, 0.29) is 12.0 Å². The van der Waals surface area contributed by atoms with E-state index in [2.05, 4.69) is 40.8 Å². The van der Waals surface area contributed by atoms with Gasteiger partial charge in [-0.3, -0.25) is 4.79 Å². The lowest BCUT2D eigenvalue weighted by Gasteiger charge is -2.39. The van der Waals surface area contributed by atoms with Crippen LogP contribution < -0.4 is 10.6 Å². The summed E-state index contributed by atoms with van der Waals surface area (Å²) in [5.41, 5.74) is 7.23. The molecule has 0 radical (unpaired) electrons. The van der Waals surface area contributed by atoms with Gasteiger partial charge in [0.25, 0.3) is 0 Å². The maximum Gasteiger partial charge on any atom is 0.225 e. The number of piperidine rings is 2. The average Bonchev–Trinajstić information content (AvgIpc) is 2.62. The number of likely N-dealkylation sites (tertiary alicyclic amines) is 1. The zero-order valence-corrected chi connectivity index (χ0v) is 14.9. The predicted molar refractivity (Wildman–Crippen MR) is 96.9 cm³/mol. The zero-order valence-electron chi connectivity index (χ0n) is 14.9. The van der Waals surface area contributed by atoms with Crippen molar-refractivity contribution in [3.05, 3.63) is 23.9 Å². The first-order valence-electron chi connectivity index (χ1n) is 9.26. The van der Waals surface area contributed by atoms with Gasteiger partial charge < -0.3 is 15.5 Å². The van der Waals surface area contributed by atoms with Gasteiger partial charge in [-0.2, -0.15) is 0 Å². The summed E-state index contributed by atoms with van der Waals surface area (Å²) in [6.07, 6.45) is 6.00. The summed E-state index contributed by atoms with van der Waals surface area (Å²) in [4.78, 5) is 21.7. The summed E-state index contributed by atoms with van der Waals surface area (Å²) in [5.74, 6) is 2.00. The van der Waals surface area contributed by atoms with E-state index in [1.54, 1.807) is 0 Å². The molecule has 5 heteroatoms. The minimum Gasteiger partial charge on any atom is -0.357 e. The zero-order chi connectivity index (χ0) is 17.1. The van der Waals surface area contributed by atoms with Gasteiger partial charge in [-0.15, -0.1) is 0 Å². The molecule has 3 heterocycles. The number of carbonyl (C=O) groups excluding carboxylic acids is 1. The minimum absolute atomic E-state index is 0.165. The van der Waals surface area contributed by atoms with Crippen LogP contribution in [0, 0.1) is 18.8 Å². The van der Waals surface area contributed by atoms with Gasteiger partial charge in [0.1, 0.15) is 5.82 Å². The predicted octanol–water partition coefficient (Wildman–Crippen LogP) is 2.19. The van der Waals surface area contributed by atoms with Gasteiger partial charge in [0.15, 0.2) is 0 Å². The van der Waals surface area contributed by atoms with E-state index in [1.807, 2.05) is 6.20 Å². The van der Waals surface area contributed by atoms with Crippen molar-refractivity contribution < 1.29 is 4.79 Å². The molecule has 5 nitrogen and oxygen atoms in total. The topological polar surface area (TPSA) is 62.5 Å². The molecule has 3 rings (SSSR count). The van der Waals surface area contributed by atoms with Crippen LogP contribution in [0.4, 0.5) is 5.82 Å². The molecule has 0 saturated carbocycles. The molecule has 0 aliphatic carbocycles. The summed E-state index contributed by atoms with van der Waals surface area (Å²) >= 11 is 0. The molecule has 2 saturated heterocycles. The molecule has 0 spiro atoms. The van der Waals surface area contributed by atoms with E-state index < -0.39 is 0 Å². The first-order valence-corrected chi connectivity index (χ1v) is 9.26. The van der Waals surface area contributed by atoms with Crippen LogP contribution in [0.15, 0.2) is 18.3 Å². The maximum atomic E-state index is 12.9. The SMILES string of the molecule is Cc1ccc(N2CCC(C(=O)N3CCC[C@H]([C@H](C)N)C3)CC2)nc1. The molecule has 0 aromatic carbocycles. The van der Waals surface area contributed by atoms with Gasteiger partial charge in [0.2, 0.25) is 5.91 Å². The Balaban J connectivity index is 1.54. The van der Waals surface area contributed by atoms with Crippen molar-refractivity contribution in [2.24, 2.45) is 17.6 Å². The molecule has 132 valence electrons. The van der Waals surface area contributed by atoms with Crippen LogP contribution in [0.3, 0.4) is 0 Å². The van der Waals surface area contributed by atoms with Crippen LogP contribution in [0.2, 0.25) is 0 Å². The quantitative estimate of drug-likeness (QED) is 0.923. The molecule has 2 atom stereocenters. The lowest BCUT2D eigenvalue weighted by molar-refractivity contribution is -0.138. The Labute approximate surface area is 145 Å². The van der Waals surface area contributed by atoms with Crippen LogP contribution in [-0.2, 0) is 4.79 Å². The number of hydrogen-bond donors (Lipinski definition) is 1. The van der Waals surface area contributed by atoms with Crippen molar-refractivity contribution in [3.8, 4) is 0 Å². The highest BCUT2D eigenvalue weighted by atomic mass is 16.2. The van der Waals surface area contributed by atoms with Crippen molar-refractivity contribution in [2.75, 3.05) is 31.1 Å². The maximum absolute atomic E-state index is 12.9. The van der Waals surface area contributed by atoms with Crippen molar-refractivity contribution in [3.63, 3.8) is 0 Å². The fraction of sp³-hybridized carbons (Fsp3) is 0.684. The summed E-state index contributed by atoms with van der Waals surface area (Å²) in [7, 11) is 0. The van der Waals surface area contributed by atoms with Gasteiger partial charge in [-0.05, 0) is 57.1 Å². The van der Waals surface area contributed by atoms with Gasteiger partial charge in [-0.25, -0.2) is 4.98 Å². The van der Waals surface area contributed by atoms with Crippen molar-refractivity contribution in [1.82, 2.24) is 9.88 Å². The Kier molecular flexibility index (Phi) is 5.39. The fourth-order valence-electron chi connectivity index (χ4n) is 3.90. The van der Waals surface area contributed by atoms with E-state index in [0.29, 0.717) is 11.8 Å². The molecular weight excluding hydrogens is 300 g/mol. The monoisotopic (exact) mass is 330 g/mol. The second kappa shape index (κ2) is 7.51. The van der Waals surface area contributed by atoms with Crippen LogP contribution >= 0.6 is 0 Å². The molecule has 2 aliphatic heterocycles. The Bertz CT molecular complexity index is 549. The van der Waals surface area contributed by atoms with E-state index >= 15 is 0 Å². The number of rotatable bonds is 3. The van der Waals surface area contributed by atoms with Crippen LogP contribution in [0.25, 0.3) is 0 Å². The number of nitrogens with two attached hydrogens (primary N) is 1. The Morgan fingerprint density at radius 3 is 2.62 bits per heavy atom. The number of carbonyl (C=O) groups is 1. The third-order valence-corrected chi connectivity index (χ3v) is 5.58. The Hall–Kier alpha value is -1.62. The largest absolute Gasteiger partial charge is 0.357 e. The molecule has 1 aromatic heterocycles. The van der Waals surface area contributed by atoms with Crippen LogP contribution in [0.5, 0.6) is 0 Å². The molecule has 1 aromatic rings. The number of aryl methyl sites for hydroxylation is 1. The summed E-state index contributed by atoms with van der Waals surface area (Å²) < 4.78 is 0. The summed E-state index contributed by atoms with van der Waals surface area (Å²) in [6, 6.07) is 4.35. The van der Waals surface area contributed by atoms with Gasteiger partial charge >= 0.3 is 0 Å². The molecule has 0 bridgehead atoms. The Morgan fingerprint density at radius 1 is 1.25 bits per heavy atom. The third kappa shape index (κ3) is 3.89. The van der Waals surface area contributed by atoms with E-state index in [4.69, 9.17) is 5.73 Å². The normalized spacial score (nSPS) is 24.0. The highest BCUT2D eigenvalue weighted by Gasteiger charge is 2.32. The fourth-order valence-corrected chi connectivity index (χ4v) is 3.90.